The van der Waals surface area contributed by atoms with Crippen LogP contribution in [0.3, 0.4) is 0 Å². The van der Waals surface area contributed by atoms with Gasteiger partial charge in [-0.05, 0) is 30.3 Å². The van der Waals surface area contributed by atoms with E-state index in [1.807, 2.05) is 0 Å². The lowest BCUT2D eigenvalue weighted by Gasteiger charge is -2.29. The second kappa shape index (κ2) is 2.87. The van der Waals surface area contributed by atoms with Crippen LogP contribution < -0.4 is 5.73 Å². The summed E-state index contributed by atoms with van der Waals surface area (Å²) in [5, 5.41) is 3.77. The minimum absolute atomic E-state index is 0.198. The van der Waals surface area contributed by atoms with E-state index in [9.17, 15) is 0 Å². The molecule has 1 saturated carbocycles. The summed E-state index contributed by atoms with van der Waals surface area (Å²) in [6.45, 7) is 0. The van der Waals surface area contributed by atoms with Crippen molar-refractivity contribution < 1.29 is 0 Å². The predicted octanol–water partition coefficient (Wildman–Crippen LogP) is 1.34. The molecule has 0 spiro atoms. The van der Waals surface area contributed by atoms with Crippen LogP contribution in [0.25, 0.3) is 0 Å². The summed E-state index contributed by atoms with van der Waals surface area (Å²) in [7, 11) is 0. The maximum absolute atomic E-state index is 5.98. The van der Waals surface area contributed by atoms with Crippen molar-refractivity contribution >= 4 is 11.5 Å². The summed E-state index contributed by atoms with van der Waals surface area (Å²) in [4.78, 5) is 1.13. The molecule has 0 bridgehead atoms. The van der Waals surface area contributed by atoms with Crippen LogP contribution in [0.5, 0.6) is 0 Å². The number of hydrogen-bond donors (Lipinski definition) is 1. The van der Waals surface area contributed by atoms with Crippen LogP contribution in [-0.2, 0) is 0 Å². The minimum Gasteiger partial charge on any atom is -0.323 e. The molecule has 0 radical (unpaired) electrons. The first kappa shape index (κ1) is 7.18. The number of aromatic nitrogens is 2. The molecule has 1 aromatic rings. The van der Waals surface area contributed by atoms with Crippen molar-refractivity contribution in [2.75, 3.05) is 0 Å². The van der Waals surface area contributed by atoms with Gasteiger partial charge in [-0.2, -0.15) is 0 Å². The van der Waals surface area contributed by atoms with Crippen molar-refractivity contribution in [1.82, 2.24) is 9.59 Å². The second-order valence-corrected chi connectivity index (χ2v) is 3.85. The fourth-order valence-electron chi connectivity index (χ4n) is 1.35. The molecular formula is C7H11N3S. The summed E-state index contributed by atoms with van der Waals surface area (Å²) in [6, 6.07) is 0.198. The zero-order valence-electron chi connectivity index (χ0n) is 6.23. The van der Waals surface area contributed by atoms with Crippen LogP contribution in [0.15, 0.2) is 6.20 Å². The Kier molecular flexibility index (Phi) is 1.87. The van der Waals surface area contributed by atoms with E-state index in [1.165, 1.54) is 30.8 Å². The molecule has 2 rings (SSSR count). The Balaban J connectivity index is 2.04. The number of hydrogen-bond acceptors (Lipinski definition) is 4. The highest BCUT2D eigenvalue weighted by atomic mass is 32.1. The third-order valence-electron chi connectivity index (χ3n) is 2.36. The van der Waals surface area contributed by atoms with E-state index in [0.29, 0.717) is 5.92 Å². The van der Waals surface area contributed by atoms with Crippen LogP contribution in [-0.4, -0.2) is 9.59 Å². The summed E-state index contributed by atoms with van der Waals surface area (Å²) >= 11 is 1.42. The monoisotopic (exact) mass is 169 g/mol. The van der Waals surface area contributed by atoms with Gasteiger partial charge in [-0.15, -0.1) is 5.10 Å². The first-order valence-electron chi connectivity index (χ1n) is 3.91. The third-order valence-corrected chi connectivity index (χ3v) is 3.13. The number of rotatable bonds is 2. The average Bonchev–Trinajstić information content (AvgIpc) is 2.32. The fraction of sp³-hybridized carbons (Fsp3) is 0.714. The topological polar surface area (TPSA) is 51.8 Å². The van der Waals surface area contributed by atoms with Gasteiger partial charge < -0.3 is 5.73 Å². The zero-order valence-corrected chi connectivity index (χ0v) is 7.05. The molecule has 1 aliphatic carbocycles. The lowest BCUT2D eigenvalue weighted by molar-refractivity contribution is 0.266. The summed E-state index contributed by atoms with van der Waals surface area (Å²) in [5.74, 6) is 0.692. The number of nitrogens with two attached hydrogens (primary N) is 1. The maximum Gasteiger partial charge on any atom is 0.0669 e. The molecule has 1 fully saturated rings. The molecule has 3 nitrogen and oxygen atoms in total. The molecule has 60 valence electrons. The molecule has 1 unspecified atom stereocenters. The smallest absolute Gasteiger partial charge is 0.0669 e. The largest absolute Gasteiger partial charge is 0.323 e. The van der Waals surface area contributed by atoms with Crippen LogP contribution >= 0.6 is 11.5 Å². The molecule has 1 aromatic heterocycles. The van der Waals surface area contributed by atoms with Gasteiger partial charge in [-0.25, -0.2) is 0 Å². The quantitative estimate of drug-likeness (QED) is 0.726. The Bertz CT molecular complexity index is 218. The molecule has 1 atom stereocenters. The van der Waals surface area contributed by atoms with Crippen molar-refractivity contribution in [3.63, 3.8) is 0 Å². The van der Waals surface area contributed by atoms with E-state index in [1.54, 1.807) is 6.20 Å². The van der Waals surface area contributed by atoms with Crippen molar-refractivity contribution in [3.8, 4) is 0 Å². The molecule has 0 aliphatic heterocycles. The Morgan fingerprint density at radius 3 is 2.91 bits per heavy atom. The van der Waals surface area contributed by atoms with Crippen LogP contribution in [0, 0.1) is 5.92 Å². The van der Waals surface area contributed by atoms with Crippen LogP contribution in [0.4, 0.5) is 0 Å². The van der Waals surface area contributed by atoms with E-state index in [-0.39, 0.29) is 6.04 Å². The molecule has 11 heavy (non-hydrogen) atoms. The normalized spacial score (nSPS) is 21.2. The lowest BCUT2D eigenvalue weighted by Crippen LogP contribution is -2.25. The molecule has 0 saturated heterocycles. The van der Waals surface area contributed by atoms with Crippen LogP contribution in [0.1, 0.15) is 30.2 Å². The SMILES string of the molecule is NC(c1cnns1)C1CCC1. The Morgan fingerprint density at radius 2 is 2.45 bits per heavy atom. The van der Waals surface area contributed by atoms with E-state index in [2.05, 4.69) is 9.59 Å². The molecule has 0 amide bonds. The summed E-state index contributed by atoms with van der Waals surface area (Å²) in [5.41, 5.74) is 5.98. The van der Waals surface area contributed by atoms with Gasteiger partial charge in [-0.1, -0.05) is 10.9 Å². The van der Waals surface area contributed by atoms with E-state index >= 15 is 0 Å². The van der Waals surface area contributed by atoms with Crippen molar-refractivity contribution in [2.24, 2.45) is 11.7 Å². The van der Waals surface area contributed by atoms with Crippen molar-refractivity contribution in [1.29, 1.82) is 0 Å². The van der Waals surface area contributed by atoms with Gasteiger partial charge in [0.2, 0.25) is 0 Å². The fourth-order valence-corrected chi connectivity index (χ4v) is 1.95. The third kappa shape index (κ3) is 1.28. The van der Waals surface area contributed by atoms with Gasteiger partial charge in [0, 0.05) is 6.04 Å². The van der Waals surface area contributed by atoms with Gasteiger partial charge in [0.05, 0.1) is 11.1 Å². The predicted molar refractivity (Wildman–Crippen MR) is 44.2 cm³/mol. The zero-order chi connectivity index (χ0) is 7.68. The number of nitrogens with zero attached hydrogens (tertiary/aromatic N) is 2. The maximum atomic E-state index is 5.98. The van der Waals surface area contributed by atoms with Gasteiger partial charge in [0.15, 0.2) is 0 Å². The summed E-state index contributed by atoms with van der Waals surface area (Å²) in [6.07, 6.45) is 5.68. The standard InChI is InChI=1S/C7H11N3S/c8-7(5-2-1-3-5)6-4-9-10-11-6/h4-5,7H,1-3,8H2. The van der Waals surface area contributed by atoms with Crippen molar-refractivity contribution in [3.05, 3.63) is 11.1 Å². The van der Waals surface area contributed by atoms with E-state index in [0.717, 1.165) is 4.88 Å². The first-order valence-corrected chi connectivity index (χ1v) is 4.68. The van der Waals surface area contributed by atoms with E-state index in [4.69, 9.17) is 5.73 Å². The van der Waals surface area contributed by atoms with Gasteiger partial charge >= 0.3 is 0 Å². The second-order valence-electron chi connectivity index (χ2n) is 3.04. The van der Waals surface area contributed by atoms with E-state index < -0.39 is 0 Å². The Hall–Kier alpha value is -0.480. The minimum atomic E-state index is 0.198. The summed E-state index contributed by atoms with van der Waals surface area (Å²) < 4.78 is 3.80. The highest BCUT2D eigenvalue weighted by Gasteiger charge is 2.26. The molecule has 1 aliphatic rings. The highest BCUT2D eigenvalue weighted by molar-refractivity contribution is 7.05. The Morgan fingerprint density at radius 1 is 1.64 bits per heavy atom. The highest BCUT2D eigenvalue weighted by Crippen LogP contribution is 2.36. The molecule has 4 heteroatoms. The van der Waals surface area contributed by atoms with Gasteiger partial charge in [-0.3, -0.25) is 0 Å². The Labute approximate surface area is 69.8 Å². The molecule has 0 aromatic carbocycles. The lowest BCUT2D eigenvalue weighted by atomic mass is 9.80. The van der Waals surface area contributed by atoms with Gasteiger partial charge in [0.25, 0.3) is 0 Å². The van der Waals surface area contributed by atoms with Crippen molar-refractivity contribution in [2.45, 2.75) is 25.3 Å². The van der Waals surface area contributed by atoms with Crippen LogP contribution in [0.2, 0.25) is 0 Å². The molecule has 2 N–H and O–H groups in total. The first-order chi connectivity index (χ1) is 5.38. The van der Waals surface area contributed by atoms with Gasteiger partial charge in [0.1, 0.15) is 0 Å². The molecular weight excluding hydrogens is 158 g/mol. The average molecular weight is 169 g/mol. The molecule has 1 heterocycles.